The molecule has 8 nitrogen and oxygen atoms in total. The summed E-state index contributed by atoms with van der Waals surface area (Å²) in [5.74, 6) is 0.0313. The lowest BCUT2D eigenvalue weighted by Crippen LogP contribution is -2.57. The van der Waals surface area contributed by atoms with E-state index in [9.17, 15) is 4.79 Å². The molecule has 0 bridgehead atoms. The maximum Gasteiger partial charge on any atom is 0.300 e. The Balaban J connectivity index is 0.000000511. The van der Waals surface area contributed by atoms with Gasteiger partial charge in [-0.2, -0.15) is 0 Å². The molecule has 25 heavy (non-hydrogen) atoms. The Morgan fingerprint density at radius 1 is 1.32 bits per heavy atom. The molecule has 0 radical (unpaired) electrons. The van der Waals surface area contributed by atoms with E-state index in [-0.39, 0.29) is 18.1 Å². The zero-order chi connectivity index (χ0) is 18.4. The first-order valence-electron chi connectivity index (χ1n) is 8.48. The Labute approximate surface area is 147 Å². The average molecular weight is 350 g/mol. The second-order valence-electron chi connectivity index (χ2n) is 6.47. The molecule has 1 amide bonds. The fraction of sp³-hybridized carbons (Fsp3) is 0.647. The molecule has 1 spiro atoms. The molecular weight excluding hydrogens is 324 g/mol. The van der Waals surface area contributed by atoms with E-state index in [4.69, 9.17) is 14.6 Å². The lowest BCUT2D eigenvalue weighted by atomic mass is 9.89. The van der Waals surface area contributed by atoms with E-state index in [0.717, 1.165) is 50.8 Å². The van der Waals surface area contributed by atoms with Crippen molar-refractivity contribution in [1.82, 2.24) is 14.9 Å². The van der Waals surface area contributed by atoms with E-state index in [2.05, 4.69) is 21.8 Å². The number of aliphatic carboxylic acids is 1. The Hall–Kier alpha value is -2.22. The van der Waals surface area contributed by atoms with E-state index < -0.39 is 5.97 Å². The van der Waals surface area contributed by atoms with Crippen LogP contribution in [0.25, 0.3) is 0 Å². The van der Waals surface area contributed by atoms with Crippen LogP contribution in [-0.2, 0) is 20.7 Å². The van der Waals surface area contributed by atoms with Gasteiger partial charge in [-0.05, 0) is 24.8 Å². The van der Waals surface area contributed by atoms with Crippen LogP contribution < -0.4 is 4.90 Å². The van der Waals surface area contributed by atoms with E-state index >= 15 is 0 Å². The zero-order valence-electron chi connectivity index (χ0n) is 15.1. The third kappa shape index (κ3) is 5.12. The molecule has 2 aliphatic rings. The summed E-state index contributed by atoms with van der Waals surface area (Å²) in [5, 5.41) is 7.42. The number of nitrogens with zero attached hydrogens (tertiary/aromatic N) is 4. The van der Waals surface area contributed by atoms with Gasteiger partial charge in [0.25, 0.3) is 5.97 Å². The minimum Gasteiger partial charge on any atom is -0.481 e. The minimum atomic E-state index is -0.833. The second kappa shape index (κ2) is 8.24. The average Bonchev–Trinajstić information content (AvgIpc) is 2.59. The van der Waals surface area contributed by atoms with Gasteiger partial charge in [0, 0.05) is 46.0 Å². The Morgan fingerprint density at radius 3 is 2.36 bits per heavy atom. The number of rotatable bonds is 2. The van der Waals surface area contributed by atoms with Crippen LogP contribution in [0.5, 0.6) is 0 Å². The highest BCUT2D eigenvalue weighted by Crippen LogP contribution is 2.31. The highest BCUT2D eigenvalue weighted by Gasteiger charge is 2.41. The second-order valence-corrected chi connectivity index (χ2v) is 6.47. The molecule has 0 unspecified atom stereocenters. The number of amides is 1. The van der Waals surface area contributed by atoms with Gasteiger partial charge in [0.15, 0.2) is 0 Å². The molecule has 1 aromatic heterocycles. The number of carbonyl (C=O) groups excluding carboxylic acids is 1. The van der Waals surface area contributed by atoms with Crippen LogP contribution in [0, 0.1) is 0 Å². The highest BCUT2D eigenvalue weighted by molar-refractivity contribution is 5.78. The lowest BCUT2D eigenvalue weighted by Gasteiger charge is -2.46. The molecule has 0 atom stereocenters. The molecular formula is C17H26N4O4. The first-order chi connectivity index (χ1) is 11.8. The van der Waals surface area contributed by atoms with Crippen molar-refractivity contribution >= 4 is 17.8 Å². The third-order valence-corrected chi connectivity index (χ3v) is 4.51. The first kappa shape index (κ1) is 19.1. The number of hydrogen-bond donors (Lipinski definition) is 1. The van der Waals surface area contributed by atoms with Gasteiger partial charge in [-0.15, -0.1) is 0 Å². The number of anilines is 1. The lowest BCUT2D eigenvalue weighted by molar-refractivity contribution is -0.164. The molecule has 1 N–H and O–H groups in total. The van der Waals surface area contributed by atoms with Gasteiger partial charge in [-0.1, -0.05) is 6.92 Å². The predicted molar refractivity (Wildman–Crippen MR) is 92.5 cm³/mol. The zero-order valence-corrected chi connectivity index (χ0v) is 15.1. The summed E-state index contributed by atoms with van der Waals surface area (Å²) in [6.45, 7) is 5.82. The summed E-state index contributed by atoms with van der Waals surface area (Å²) >= 11 is 0. The number of aryl methyl sites for hydroxylation is 1. The molecule has 0 aliphatic carbocycles. The number of aromatic nitrogens is 2. The van der Waals surface area contributed by atoms with Gasteiger partial charge in [0.05, 0.1) is 5.60 Å². The van der Waals surface area contributed by atoms with E-state index in [1.807, 2.05) is 19.4 Å². The molecule has 0 saturated carbocycles. The maximum atomic E-state index is 11.5. The molecule has 138 valence electrons. The molecule has 3 heterocycles. The van der Waals surface area contributed by atoms with Crippen molar-refractivity contribution in [3.8, 4) is 0 Å². The SMILES string of the molecule is CC(=O)O.CCc1cnc(N2CCC3(CC2)CN(C)C(=O)CO3)nc1. The third-order valence-electron chi connectivity index (χ3n) is 4.51. The summed E-state index contributed by atoms with van der Waals surface area (Å²) < 4.78 is 5.85. The number of hydrogen-bond acceptors (Lipinski definition) is 6. The molecule has 0 aromatic carbocycles. The monoisotopic (exact) mass is 350 g/mol. The normalized spacial score (nSPS) is 19.4. The van der Waals surface area contributed by atoms with Crippen molar-refractivity contribution in [3.05, 3.63) is 18.0 Å². The Morgan fingerprint density at radius 2 is 1.88 bits per heavy atom. The van der Waals surface area contributed by atoms with Crippen LogP contribution >= 0.6 is 0 Å². The fourth-order valence-corrected chi connectivity index (χ4v) is 3.00. The van der Waals surface area contributed by atoms with Crippen molar-refractivity contribution in [2.45, 2.75) is 38.7 Å². The highest BCUT2D eigenvalue weighted by atomic mass is 16.5. The van der Waals surface area contributed by atoms with Gasteiger partial charge in [0.2, 0.25) is 11.9 Å². The molecule has 2 fully saturated rings. The van der Waals surface area contributed by atoms with Gasteiger partial charge < -0.3 is 19.6 Å². The van der Waals surface area contributed by atoms with E-state index in [1.165, 1.54) is 0 Å². The van der Waals surface area contributed by atoms with Gasteiger partial charge in [-0.25, -0.2) is 9.97 Å². The van der Waals surface area contributed by atoms with Gasteiger partial charge in [-0.3, -0.25) is 9.59 Å². The van der Waals surface area contributed by atoms with Crippen LogP contribution in [0.1, 0.15) is 32.3 Å². The van der Waals surface area contributed by atoms with Crippen LogP contribution in [0.15, 0.2) is 12.4 Å². The van der Waals surface area contributed by atoms with E-state index in [0.29, 0.717) is 6.54 Å². The summed E-state index contributed by atoms with van der Waals surface area (Å²) in [6, 6.07) is 0. The Bertz CT molecular complexity index is 593. The van der Waals surface area contributed by atoms with Crippen LogP contribution in [0.4, 0.5) is 5.95 Å². The topological polar surface area (TPSA) is 95.9 Å². The molecule has 2 saturated heterocycles. The number of morpholine rings is 1. The van der Waals surface area contributed by atoms with E-state index in [1.54, 1.807) is 4.90 Å². The van der Waals surface area contributed by atoms with Crippen molar-refractivity contribution in [3.63, 3.8) is 0 Å². The number of carboxylic acid groups (broad SMARTS) is 1. The Kier molecular flexibility index (Phi) is 6.30. The predicted octanol–water partition coefficient (Wildman–Crippen LogP) is 0.958. The number of carbonyl (C=O) groups is 2. The number of carboxylic acids is 1. The number of ether oxygens (including phenoxy) is 1. The van der Waals surface area contributed by atoms with Crippen molar-refractivity contribution < 1.29 is 19.4 Å². The van der Waals surface area contributed by atoms with Gasteiger partial charge >= 0.3 is 0 Å². The summed E-state index contributed by atoms with van der Waals surface area (Å²) in [7, 11) is 1.85. The largest absolute Gasteiger partial charge is 0.481 e. The first-order valence-corrected chi connectivity index (χ1v) is 8.48. The van der Waals surface area contributed by atoms with Crippen LogP contribution in [-0.4, -0.2) is 70.7 Å². The quantitative estimate of drug-likeness (QED) is 0.848. The molecule has 3 rings (SSSR count). The maximum absolute atomic E-state index is 11.5. The van der Waals surface area contributed by atoms with Crippen molar-refractivity contribution in [2.24, 2.45) is 0 Å². The summed E-state index contributed by atoms with van der Waals surface area (Å²) in [4.78, 5) is 33.4. The standard InChI is InChI=1S/C15H22N4O2.C2H4O2/c1-3-12-8-16-14(17-9-12)19-6-4-15(5-7-19)11-18(2)13(20)10-21-15;1-2(3)4/h8-9H,3-7,10-11H2,1-2H3;1H3,(H,3,4). The van der Waals surface area contributed by atoms with Gasteiger partial charge in [0.1, 0.15) is 6.61 Å². The van der Waals surface area contributed by atoms with Crippen LogP contribution in [0.3, 0.4) is 0 Å². The summed E-state index contributed by atoms with van der Waals surface area (Å²) in [6.07, 6.45) is 6.57. The number of likely N-dealkylation sites (N-methyl/N-ethyl adjacent to an activating group) is 1. The van der Waals surface area contributed by atoms with Crippen molar-refractivity contribution in [2.75, 3.05) is 38.2 Å². The molecule has 2 aliphatic heterocycles. The van der Waals surface area contributed by atoms with Crippen LogP contribution in [0.2, 0.25) is 0 Å². The fourth-order valence-electron chi connectivity index (χ4n) is 3.00. The minimum absolute atomic E-state index is 0.0709. The molecule has 8 heteroatoms. The van der Waals surface area contributed by atoms with Crippen molar-refractivity contribution in [1.29, 1.82) is 0 Å². The molecule has 1 aromatic rings. The summed E-state index contributed by atoms with van der Waals surface area (Å²) in [5.41, 5.74) is 0.977. The number of piperidine rings is 1. The smallest absolute Gasteiger partial charge is 0.300 e.